The van der Waals surface area contributed by atoms with Crippen molar-refractivity contribution in [3.05, 3.63) is 30.1 Å². The number of benzene rings is 1. The maximum absolute atomic E-state index is 12.9. The van der Waals surface area contributed by atoms with Crippen molar-refractivity contribution < 1.29 is 4.39 Å². The molecule has 1 heterocycles. The lowest BCUT2D eigenvalue weighted by molar-refractivity contribution is 0.311. The number of anilines is 1. The van der Waals surface area contributed by atoms with Crippen molar-refractivity contribution in [1.82, 2.24) is 4.90 Å². The highest BCUT2D eigenvalue weighted by Gasteiger charge is 2.21. The Labute approximate surface area is 120 Å². The topological polar surface area (TPSA) is 15.3 Å². The molecule has 1 saturated heterocycles. The Hall–Kier alpha value is -1.16. The van der Waals surface area contributed by atoms with Crippen molar-refractivity contribution in [2.75, 3.05) is 11.9 Å². The summed E-state index contributed by atoms with van der Waals surface area (Å²) in [5.41, 5.74) is 0.852. The maximum Gasteiger partial charge on any atom is 0.173 e. The minimum atomic E-state index is -0.224. The molecule has 0 spiro atoms. The molecule has 0 bridgehead atoms. The van der Waals surface area contributed by atoms with Gasteiger partial charge in [-0.05, 0) is 55.7 Å². The van der Waals surface area contributed by atoms with E-state index < -0.39 is 0 Å². The summed E-state index contributed by atoms with van der Waals surface area (Å²) in [6.45, 7) is 3.23. The predicted molar refractivity (Wildman–Crippen MR) is 81.9 cm³/mol. The molecule has 0 amide bonds. The minimum absolute atomic E-state index is 0.224. The van der Waals surface area contributed by atoms with Gasteiger partial charge in [-0.2, -0.15) is 0 Å². The van der Waals surface area contributed by atoms with Gasteiger partial charge >= 0.3 is 0 Å². The second-order valence-electron chi connectivity index (χ2n) is 5.04. The van der Waals surface area contributed by atoms with E-state index >= 15 is 0 Å². The van der Waals surface area contributed by atoms with Gasteiger partial charge < -0.3 is 10.2 Å². The first kappa shape index (κ1) is 14.3. The molecule has 1 aliphatic rings. The summed E-state index contributed by atoms with van der Waals surface area (Å²) in [5.74, 6) is -0.224. The number of hydrogen-bond acceptors (Lipinski definition) is 1. The van der Waals surface area contributed by atoms with Crippen LogP contribution in [0.3, 0.4) is 0 Å². The third-order valence-corrected chi connectivity index (χ3v) is 4.04. The molecule has 1 fully saturated rings. The van der Waals surface area contributed by atoms with Crippen LogP contribution in [0.1, 0.15) is 39.0 Å². The van der Waals surface area contributed by atoms with Gasteiger partial charge in [0.25, 0.3) is 0 Å². The summed E-state index contributed by atoms with van der Waals surface area (Å²) in [6.07, 6.45) is 6.09. The Bertz CT molecular complexity index is 419. The van der Waals surface area contributed by atoms with E-state index in [2.05, 4.69) is 17.1 Å². The monoisotopic (exact) mass is 280 g/mol. The van der Waals surface area contributed by atoms with E-state index in [-0.39, 0.29) is 5.82 Å². The van der Waals surface area contributed by atoms with E-state index in [1.54, 1.807) is 12.1 Å². The Kier molecular flexibility index (Phi) is 5.14. The van der Waals surface area contributed by atoms with Crippen LogP contribution in [0.4, 0.5) is 10.1 Å². The number of likely N-dealkylation sites (tertiary alicyclic amines) is 1. The van der Waals surface area contributed by atoms with E-state index in [4.69, 9.17) is 12.2 Å². The number of thiocarbonyl (C=S) groups is 1. The number of nitrogens with zero attached hydrogens (tertiary/aromatic N) is 1. The first-order valence-corrected chi connectivity index (χ1v) is 7.44. The Morgan fingerprint density at radius 3 is 2.74 bits per heavy atom. The minimum Gasteiger partial charge on any atom is -0.346 e. The lowest BCUT2D eigenvalue weighted by atomic mass is 10.1. The van der Waals surface area contributed by atoms with Crippen LogP contribution in [-0.2, 0) is 0 Å². The first-order valence-electron chi connectivity index (χ1n) is 7.04. The van der Waals surface area contributed by atoms with Gasteiger partial charge in [-0.15, -0.1) is 0 Å². The lowest BCUT2D eigenvalue weighted by Crippen LogP contribution is -2.42. The molecule has 104 valence electrons. The summed E-state index contributed by atoms with van der Waals surface area (Å²) in [6, 6.07) is 6.87. The summed E-state index contributed by atoms with van der Waals surface area (Å²) in [7, 11) is 0. The van der Waals surface area contributed by atoms with Gasteiger partial charge in [0.15, 0.2) is 5.11 Å². The van der Waals surface area contributed by atoms with Crippen LogP contribution >= 0.6 is 12.2 Å². The molecule has 0 aromatic heterocycles. The van der Waals surface area contributed by atoms with Gasteiger partial charge in [0, 0.05) is 18.3 Å². The van der Waals surface area contributed by atoms with Crippen LogP contribution in [0.2, 0.25) is 0 Å². The average Bonchev–Trinajstić information content (AvgIpc) is 2.66. The lowest BCUT2D eigenvalue weighted by Gasteiger charge is -2.32. The maximum atomic E-state index is 12.9. The Morgan fingerprint density at radius 1 is 1.32 bits per heavy atom. The van der Waals surface area contributed by atoms with Crippen LogP contribution in [-0.4, -0.2) is 22.6 Å². The Morgan fingerprint density at radius 2 is 2.05 bits per heavy atom. The molecule has 1 aliphatic heterocycles. The van der Waals surface area contributed by atoms with Crippen molar-refractivity contribution in [1.29, 1.82) is 0 Å². The first-order chi connectivity index (χ1) is 9.20. The smallest absolute Gasteiger partial charge is 0.173 e. The van der Waals surface area contributed by atoms with Crippen molar-refractivity contribution in [3.8, 4) is 0 Å². The molecule has 2 nitrogen and oxygen atoms in total. The summed E-state index contributed by atoms with van der Waals surface area (Å²) in [5, 5.41) is 3.99. The fourth-order valence-electron chi connectivity index (χ4n) is 2.60. The normalized spacial score (nSPS) is 19.9. The van der Waals surface area contributed by atoms with E-state index in [9.17, 15) is 4.39 Å². The summed E-state index contributed by atoms with van der Waals surface area (Å²) >= 11 is 5.51. The zero-order valence-electron chi connectivity index (χ0n) is 11.4. The second-order valence-corrected chi connectivity index (χ2v) is 5.43. The van der Waals surface area contributed by atoms with Gasteiger partial charge in [0.05, 0.1) is 0 Å². The van der Waals surface area contributed by atoms with Crippen molar-refractivity contribution >= 4 is 23.0 Å². The molecule has 0 aliphatic carbocycles. The van der Waals surface area contributed by atoms with E-state index in [1.807, 2.05) is 0 Å². The average molecular weight is 280 g/mol. The number of halogens is 1. The quantitative estimate of drug-likeness (QED) is 0.818. The molecule has 2 rings (SSSR count). The highest BCUT2D eigenvalue weighted by atomic mass is 32.1. The predicted octanol–water partition coefficient (Wildman–Crippen LogP) is 4.18. The molecule has 0 saturated carbocycles. The number of nitrogens with one attached hydrogen (secondary N) is 1. The van der Waals surface area contributed by atoms with Crippen LogP contribution in [0.15, 0.2) is 24.3 Å². The standard InChI is InChI=1S/C15H21FN2S/c1-2-14-6-4-3-5-11-18(14)15(19)17-13-9-7-12(16)8-10-13/h7-10,14H,2-6,11H2,1H3,(H,17,19). The molecular formula is C15H21FN2S. The molecular weight excluding hydrogens is 259 g/mol. The van der Waals surface area contributed by atoms with Gasteiger partial charge in [0.1, 0.15) is 5.82 Å². The molecule has 1 atom stereocenters. The van der Waals surface area contributed by atoms with Crippen LogP contribution < -0.4 is 5.32 Å². The van der Waals surface area contributed by atoms with Gasteiger partial charge in [-0.1, -0.05) is 19.8 Å². The molecule has 19 heavy (non-hydrogen) atoms. The fraction of sp³-hybridized carbons (Fsp3) is 0.533. The van der Waals surface area contributed by atoms with Crippen LogP contribution in [0.25, 0.3) is 0 Å². The van der Waals surface area contributed by atoms with Crippen molar-refractivity contribution in [2.45, 2.75) is 45.1 Å². The summed E-state index contributed by atoms with van der Waals surface area (Å²) in [4.78, 5) is 2.30. The molecule has 1 unspecified atom stereocenters. The molecule has 1 N–H and O–H groups in total. The fourth-order valence-corrected chi connectivity index (χ4v) is 2.96. The highest BCUT2D eigenvalue weighted by molar-refractivity contribution is 7.80. The zero-order chi connectivity index (χ0) is 13.7. The van der Waals surface area contributed by atoms with Crippen LogP contribution in [0.5, 0.6) is 0 Å². The van der Waals surface area contributed by atoms with Crippen molar-refractivity contribution in [3.63, 3.8) is 0 Å². The van der Waals surface area contributed by atoms with Gasteiger partial charge in [-0.25, -0.2) is 4.39 Å². The zero-order valence-corrected chi connectivity index (χ0v) is 12.2. The Balaban J connectivity index is 2.02. The molecule has 1 aromatic rings. The SMILES string of the molecule is CCC1CCCCCN1C(=S)Nc1ccc(F)cc1. The third-order valence-electron chi connectivity index (χ3n) is 3.70. The molecule has 0 radical (unpaired) electrons. The number of hydrogen-bond donors (Lipinski definition) is 1. The molecule has 4 heteroatoms. The van der Waals surface area contributed by atoms with Gasteiger partial charge in [-0.3, -0.25) is 0 Å². The van der Waals surface area contributed by atoms with Crippen LogP contribution in [0, 0.1) is 5.82 Å². The third kappa shape index (κ3) is 3.90. The van der Waals surface area contributed by atoms with E-state index in [1.165, 1.54) is 37.8 Å². The second kappa shape index (κ2) is 6.85. The van der Waals surface area contributed by atoms with Crippen molar-refractivity contribution in [2.24, 2.45) is 0 Å². The summed E-state index contributed by atoms with van der Waals surface area (Å²) < 4.78 is 12.9. The van der Waals surface area contributed by atoms with E-state index in [0.29, 0.717) is 6.04 Å². The van der Waals surface area contributed by atoms with Gasteiger partial charge in [0.2, 0.25) is 0 Å². The number of rotatable bonds is 2. The highest BCUT2D eigenvalue weighted by Crippen LogP contribution is 2.20. The van der Waals surface area contributed by atoms with E-state index in [0.717, 1.165) is 23.8 Å². The molecule has 1 aromatic carbocycles. The largest absolute Gasteiger partial charge is 0.346 e.